The molecule has 0 unspecified atom stereocenters. The number of hydrogen-bond donors (Lipinski definition) is 2. The monoisotopic (exact) mass is 291 g/mol. The molecule has 0 radical (unpaired) electrons. The van der Waals surface area contributed by atoms with Gasteiger partial charge >= 0.3 is 0 Å². The van der Waals surface area contributed by atoms with Crippen molar-refractivity contribution >= 4 is 17.5 Å². The molecular weight excluding hydrogens is 270 g/mol. The van der Waals surface area contributed by atoms with E-state index in [9.17, 15) is 9.59 Å². The first-order valence-electron chi connectivity index (χ1n) is 7.02. The number of nitrogens with two attached hydrogens (primary N) is 2. The van der Waals surface area contributed by atoms with E-state index in [-0.39, 0.29) is 17.7 Å². The average molecular weight is 291 g/mol. The van der Waals surface area contributed by atoms with Crippen molar-refractivity contribution in [1.82, 2.24) is 4.90 Å². The molecule has 1 heterocycles. The van der Waals surface area contributed by atoms with E-state index in [2.05, 4.69) is 0 Å². The highest BCUT2D eigenvalue weighted by Crippen LogP contribution is 2.25. The molecule has 0 aliphatic carbocycles. The van der Waals surface area contributed by atoms with Crippen LogP contribution in [0.25, 0.3) is 0 Å². The van der Waals surface area contributed by atoms with Crippen molar-refractivity contribution < 1.29 is 14.3 Å². The van der Waals surface area contributed by atoms with Gasteiger partial charge in [0, 0.05) is 25.1 Å². The number of carbonyl (C=O) groups excluding carboxylic acids is 2. The third-order valence-corrected chi connectivity index (χ3v) is 3.87. The quantitative estimate of drug-likeness (QED) is 0.809. The van der Waals surface area contributed by atoms with Crippen LogP contribution in [0.4, 0.5) is 5.69 Å². The van der Waals surface area contributed by atoms with Crippen LogP contribution in [-0.4, -0.2) is 36.9 Å². The Kier molecular flexibility index (Phi) is 4.67. The molecule has 1 saturated heterocycles. The lowest BCUT2D eigenvalue weighted by molar-refractivity contribution is -0.119. The fraction of sp³-hybridized carbons (Fsp3) is 0.467. The summed E-state index contributed by atoms with van der Waals surface area (Å²) in [6.45, 7) is 1.28. The van der Waals surface area contributed by atoms with Crippen molar-refractivity contribution in [2.45, 2.75) is 19.3 Å². The molecule has 0 aromatic heterocycles. The summed E-state index contributed by atoms with van der Waals surface area (Å²) in [6.07, 6.45) is 2.01. The Hall–Kier alpha value is -2.24. The molecule has 0 bridgehead atoms. The first kappa shape index (κ1) is 15.2. The minimum atomic E-state index is -0.275. The Labute approximate surface area is 124 Å². The summed E-state index contributed by atoms with van der Waals surface area (Å²) in [6, 6.07) is 5.05. The van der Waals surface area contributed by atoms with Crippen LogP contribution in [0.2, 0.25) is 0 Å². The van der Waals surface area contributed by atoms with Crippen LogP contribution in [-0.2, 0) is 4.79 Å². The lowest BCUT2D eigenvalue weighted by Crippen LogP contribution is -2.39. The van der Waals surface area contributed by atoms with Crippen LogP contribution < -0.4 is 16.2 Å². The van der Waals surface area contributed by atoms with Crippen LogP contribution in [0.5, 0.6) is 5.75 Å². The maximum atomic E-state index is 12.4. The second-order valence-corrected chi connectivity index (χ2v) is 5.36. The number of rotatable bonds is 4. The van der Waals surface area contributed by atoms with E-state index in [0.717, 1.165) is 12.8 Å². The summed E-state index contributed by atoms with van der Waals surface area (Å²) in [7, 11) is 1.54. The Bertz CT molecular complexity index is 537. The lowest BCUT2D eigenvalue weighted by atomic mass is 9.93. The molecule has 0 atom stereocenters. The molecule has 21 heavy (non-hydrogen) atoms. The molecule has 0 spiro atoms. The molecule has 2 amide bonds. The maximum absolute atomic E-state index is 12.4. The number of primary amides is 1. The zero-order chi connectivity index (χ0) is 15.4. The zero-order valence-corrected chi connectivity index (χ0v) is 12.2. The second kappa shape index (κ2) is 6.47. The van der Waals surface area contributed by atoms with Gasteiger partial charge in [-0.05, 0) is 37.0 Å². The number of benzene rings is 1. The standard InChI is InChI=1S/C15H21N3O3/c1-21-13-3-2-11(9-12(13)16)15(20)18-6-4-10(5-7-18)8-14(17)19/h2-3,9-10H,4-8,16H2,1H3,(H2,17,19). The molecule has 6 nitrogen and oxygen atoms in total. The molecule has 2 rings (SSSR count). The van der Waals surface area contributed by atoms with Gasteiger partial charge < -0.3 is 21.1 Å². The SMILES string of the molecule is COc1ccc(C(=O)N2CCC(CC(N)=O)CC2)cc1N. The number of carbonyl (C=O) groups is 2. The number of ether oxygens (including phenoxy) is 1. The van der Waals surface area contributed by atoms with Gasteiger partial charge in [-0.3, -0.25) is 9.59 Å². The van der Waals surface area contributed by atoms with Gasteiger partial charge in [-0.25, -0.2) is 0 Å². The van der Waals surface area contributed by atoms with Crippen LogP contribution in [0.15, 0.2) is 18.2 Å². The molecule has 6 heteroatoms. The molecular formula is C15H21N3O3. The summed E-state index contributed by atoms with van der Waals surface area (Å²) in [5, 5.41) is 0. The van der Waals surface area contributed by atoms with E-state index in [4.69, 9.17) is 16.2 Å². The number of piperidine rings is 1. The third-order valence-electron chi connectivity index (χ3n) is 3.87. The Morgan fingerprint density at radius 3 is 2.52 bits per heavy atom. The van der Waals surface area contributed by atoms with Gasteiger partial charge in [0.25, 0.3) is 5.91 Å². The minimum absolute atomic E-state index is 0.0399. The normalized spacial score (nSPS) is 15.8. The number of likely N-dealkylation sites (tertiary alicyclic amines) is 1. The van der Waals surface area contributed by atoms with Gasteiger partial charge in [-0.15, -0.1) is 0 Å². The topological polar surface area (TPSA) is 98.6 Å². The van der Waals surface area contributed by atoms with Crippen molar-refractivity contribution in [3.05, 3.63) is 23.8 Å². The van der Waals surface area contributed by atoms with Crippen molar-refractivity contribution in [3.8, 4) is 5.75 Å². The highest BCUT2D eigenvalue weighted by atomic mass is 16.5. The van der Waals surface area contributed by atoms with Gasteiger partial charge in [0.2, 0.25) is 5.91 Å². The third kappa shape index (κ3) is 3.65. The first-order chi connectivity index (χ1) is 10.0. The highest BCUT2D eigenvalue weighted by molar-refractivity contribution is 5.95. The number of methoxy groups -OCH3 is 1. The summed E-state index contributed by atoms with van der Waals surface area (Å²) in [4.78, 5) is 25.1. The number of nitrogen functional groups attached to an aromatic ring is 1. The van der Waals surface area contributed by atoms with E-state index in [1.807, 2.05) is 0 Å². The van der Waals surface area contributed by atoms with Crippen LogP contribution in [0.1, 0.15) is 29.6 Å². The molecule has 1 fully saturated rings. The first-order valence-corrected chi connectivity index (χ1v) is 7.02. The van der Waals surface area contributed by atoms with E-state index in [1.54, 1.807) is 23.1 Å². The van der Waals surface area contributed by atoms with Gasteiger partial charge in [0.05, 0.1) is 12.8 Å². The van der Waals surface area contributed by atoms with Crippen molar-refractivity contribution in [2.24, 2.45) is 11.7 Å². The number of nitrogens with zero attached hydrogens (tertiary/aromatic N) is 1. The molecule has 1 aliphatic rings. The molecule has 114 valence electrons. The summed E-state index contributed by atoms with van der Waals surface area (Å²) in [5.74, 6) is 0.531. The van der Waals surface area contributed by atoms with Crippen LogP contribution in [0.3, 0.4) is 0 Å². The fourth-order valence-corrected chi connectivity index (χ4v) is 2.67. The van der Waals surface area contributed by atoms with Gasteiger partial charge in [0.15, 0.2) is 0 Å². The summed E-state index contributed by atoms with van der Waals surface area (Å²) >= 11 is 0. The van der Waals surface area contributed by atoms with Crippen molar-refractivity contribution in [2.75, 3.05) is 25.9 Å². The van der Waals surface area contributed by atoms with Gasteiger partial charge in [-0.1, -0.05) is 0 Å². The van der Waals surface area contributed by atoms with Crippen molar-refractivity contribution in [1.29, 1.82) is 0 Å². The Morgan fingerprint density at radius 2 is 2.00 bits per heavy atom. The van der Waals surface area contributed by atoms with Crippen molar-refractivity contribution in [3.63, 3.8) is 0 Å². The second-order valence-electron chi connectivity index (χ2n) is 5.36. The minimum Gasteiger partial charge on any atom is -0.495 e. The number of anilines is 1. The lowest BCUT2D eigenvalue weighted by Gasteiger charge is -2.31. The molecule has 1 aromatic rings. The van der Waals surface area contributed by atoms with Gasteiger partial charge in [-0.2, -0.15) is 0 Å². The summed E-state index contributed by atoms with van der Waals surface area (Å²) in [5.41, 5.74) is 12.0. The highest BCUT2D eigenvalue weighted by Gasteiger charge is 2.24. The van der Waals surface area contributed by atoms with E-state index in [1.165, 1.54) is 7.11 Å². The zero-order valence-electron chi connectivity index (χ0n) is 12.2. The molecule has 4 N–H and O–H groups in total. The maximum Gasteiger partial charge on any atom is 0.253 e. The van der Waals surface area contributed by atoms with E-state index >= 15 is 0 Å². The van der Waals surface area contributed by atoms with Gasteiger partial charge in [0.1, 0.15) is 5.75 Å². The summed E-state index contributed by atoms with van der Waals surface area (Å²) < 4.78 is 5.08. The smallest absolute Gasteiger partial charge is 0.253 e. The fourth-order valence-electron chi connectivity index (χ4n) is 2.67. The largest absolute Gasteiger partial charge is 0.495 e. The molecule has 0 saturated carbocycles. The van der Waals surface area contributed by atoms with E-state index in [0.29, 0.717) is 36.5 Å². The predicted molar refractivity (Wildman–Crippen MR) is 79.8 cm³/mol. The number of amides is 2. The average Bonchev–Trinajstić information content (AvgIpc) is 2.46. The van der Waals surface area contributed by atoms with E-state index < -0.39 is 0 Å². The van der Waals surface area contributed by atoms with Crippen LogP contribution in [0, 0.1) is 5.92 Å². The van der Waals surface area contributed by atoms with Crippen LogP contribution >= 0.6 is 0 Å². The Morgan fingerprint density at radius 1 is 1.33 bits per heavy atom. The molecule has 1 aromatic carbocycles. The number of hydrogen-bond acceptors (Lipinski definition) is 4. The Balaban J connectivity index is 1.98. The predicted octanol–water partition coefficient (Wildman–Crippen LogP) is 1.00. The molecule has 1 aliphatic heterocycles.